The Hall–Kier alpha value is -1.04. The minimum atomic E-state index is 2.00. The van der Waals surface area contributed by atoms with E-state index in [0.29, 0.717) is 0 Å². The molecule has 0 radical (unpaired) electrons. The average Bonchev–Trinajstić information content (AvgIpc) is 1.62. The van der Waals surface area contributed by atoms with Crippen molar-refractivity contribution < 1.29 is 0 Å². The summed E-state index contributed by atoms with van der Waals surface area (Å²) in [7, 11) is 0. The van der Waals surface area contributed by atoms with Gasteiger partial charge in [-0.1, -0.05) is 0 Å². The molecule has 8 heavy (non-hydrogen) atoms. The van der Waals surface area contributed by atoms with Gasteiger partial charge in [-0.25, -0.2) is 24.3 Å². The summed E-state index contributed by atoms with van der Waals surface area (Å²) in [5.74, 6) is 0. The first-order chi connectivity index (χ1) is 4.00. The van der Waals surface area contributed by atoms with E-state index in [-0.39, 0.29) is 0 Å². The lowest BCUT2D eigenvalue weighted by Gasteiger charge is -1.86. The molecule has 1 aromatic rings. The summed E-state index contributed by atoms with van der Waals surface area (Å²) in [6.07, 6.45) is 0. The molecule has 0 atom stereocenters. The van der Waals surface area contributed by atoms with Gasteiger partial charge in [-0.3, -0.25) is 12.1 Å². The normalized spacial score (nSPS) is 8.00. The largest absolute Gasteiger partial charge is 0.269 e. The monoisotopic (exact) mass is 104 g/mol. The summed E-state index contributed by atoms with van der Waals surface area (Å²) < 4.78 is 0. The van der Waals surface area contributed by atoms with E-state index in [1.165, 1.54) is 0 Å². The van der Waals surface area contributed by atoms with Gasteiger partial charge in [0.1, 0.15) is 0 Å². The minimum absolute atomic E-state index is 2.00. The summed E-state index contributed by atoms with van der Waals surface area (Å²) in [6, 6.07) is 16.0. The quantitative estimate of drug-likeness (QED) is 0.443. The standard InChI is InChI=1S/C8H8/c1-2-4-6-8-7-5-3-1/h1-8H/q-2. The van der Waals surface area contributed by atoms with Gasteiger partial charge in [-0.15, -0.1) is 0 Å². The van der Waals surface area contributed by atoms with Crippen LogP contribution in [0.3, 0.4) is 0 Å². The first kappa shape index (κ1) is 5.10. The van der Waals surface area contributed by atoms with E-state index >= 15 is 0 Å². The Morgan fingerprint density at radius 2 is 1.12 bits per heavy atom. The number of hydrogen-bond donors (Lipinski definition) is 0. The Balaban J connectivity index is 3.00. The van der Waals surface area contributed by atoms with E-state index in [1.807, 2.05) is 48.5 Å². The predicted molar refractivity (Wildman–Crippen MR) is 35.3 cm³/mol. The van der Waals surface area contributed by atoms with Gasteiger partial charge in [-0.05, 0) is 0 Å². The number of rotatable bonds is 0. The second-order valence-corrected chi connectivity index (χ2v) is 1.54. The van der Waals surface area contributed by atoms with E-state index in [1.54, 1.807) is 0 Å². The molecule has 0 bridgehead atoms. The van der Waals surface area contributed by atoms with E-state index in [4.69, 9.17) is 0 Å². The van der Waals surface area contributed by atoms with Crippen molar-refractivity contribution in [1.82, 2.24) is 0 Å². The van der Waals surface area contributed by atoms with E-state index in [9.17, 15) is 0 Å². The molecular formula is C8H8-2. The fraction of sp³-hybridized carbons (Fsp3) is 0. The van der Waals surface area contributed by atoms with Crippen LogP contribution in [0.1, 0.15) is 0 Å². The summed E-state index contributed by atoms with van der Waals surface area (Å²) in [4.78, 5) is 0. The molecule has 0 aliphatic rings. The van der Waals surface area contributed by atoms with Crippen LogP contribution in [0.4, 0.5) is 0 Å². The van der Waals surface area contributed by atoms with E-state index < -0.39 is 0 Å². The Morgan fingerprint density at radius 3 is 1.62 bits per heavy atom. The lowest BCUT2D eigenvalue weighted by atomic mass is 10.4. The molecule has 0 heteroatoms. The SMILES string of the molecule is c1cc[cH-]cc[cH-]c1. The van der Waals surface area contributed by atoms with Crippen LogP contribution >= 0.6 is 0 Å². The van der Waals surface area contributed by atoms with Crippen LogP contribution in [-0.4, -0.2) is 0 Å². The zero-order chi connectivity index (χ0) is 5.66. The maximum Gasteiger partial charge on any atom is -0.195 e. The van der Waals surface area contributed by atoms with Crippen molar-refractivity contribution in [2.45, 2.75) is 0 Å². The molecule has 1 rings (SSSR count). The highest BCUT2D eigenvalue weighted by Crippen LogP contribution is 1.80. The molecule has 0 aliphatic heterocycles. The Labute approximate surface area is 49.5 Å². The fourth-order valence-electron chi connectivity index (χ4n) is 0.513. The smallest absolute Gasteiger partial charge is 0.195 e. The molecule has 0 nitrogen and oxygen atoms in total. The van der Waals surface area contributed by atoms with Crippen LogP contribution in [0.2, 0.25) is 0 Å². The maximum absolute atomic E-state index is 2.00. The molecule has 0 aromatic heterocycles. The third-order valence-corrected chi connectivity index (χ3v) is 0.889. The first-order valence-corrected chi connectivity index (χ1v) is 2.67. The maximum atomic E-state index is 2.00. The molecule has 0 N–H and O–H groups in total. The van der Waals surface area contributed by atoms with E-state index in [0.717, 1.165) is 0 Å². The van der Waals surface area contributed by atoms with Crippen LogP contribution in [0.5, 0.6) is 0 Å². The summed E-state index contributed by atoms with van der Waals surface area (Å²) in [5, 5.41) is 0. The highest BCUT2D eigenvalue weighted by Gasteiger charge is 1.41. The van der Waals surface area contributed by atoms with Gasteiger partial charge in [0.2, 0.25) is 0 Å². The number of hydrogen-bond acceptors (Lipinski definition) is 0. The van der Waals surface area contributed by atoms with Crippen molar-refractivity contribution >= 4 is 0 Å². The third kappa shape index (κ3) is 1.61. The molecule has 42 valence electrons. The Kier molecular flexibility index (Phi) is 1.93. The zero-order valence-electron chi connectivity index (χ0n) is 4.62. The van der Waals surface area contributed by atoms with Crippen LogP contribution in [0.15, 0.2) is 48.5 Å². The molecule has 0 saturated heterocycles. The molecule has 0 heterocycles. The fourth-order valence-corrected chi connectivity index (χ4v) is 0.513. The van der Waals surface area contributed by atoms with Crippen LogP contribution in [-0.2, 0) is 0 Å². The topological polar surface area (TPSA) is 0 Å². The minimum Gasteiger partial charge on any atom is -0.269 e. The molecule has 0 unspecified atom stereocenters. The van der Waals surface area contributed by atoms with Crippen molar-refractivity contribution in [2.24, 2.45) is 0 Å². The second-order valence-electron chi connectivity index (χ2n) is 1.54. The summed E-state index contributed by atoms with van der Waals surface area (Å²) in [6.45, 7) is 0. The highest BCUT2D eigenvalue weighted by atomic mass is 13.6. The Morgan fingerprint density at radius 1 is 0.625 bits per heavy atom. The second kappa shape index (κ2) is 3.03. The van der Waals surface area contributed by atoms with Gasteiger partial charge in [0.05, 0.1) is 0 Å². The molecular weight excluding hydrogens is 96.1 g/mol. The Bertz CT molecular complexity index is 105. The van der Waals surface area contributed by atoms with Gasteiger partial charge in [0.15, 0.2) is 0 Å². The van der Waals surface area contributed by atoms with Crippen molar-refractivity contribution in [3.63, 3.8) is 0 Å². The summed E-state index contributed by atoms with van der Waals surface area (Å²) >= 11 is 0. The van der Waals surface area contributed by atoms with Gasteiger partial charge in [0.25, 0.3) is 0 Å². The van der Waals surface area contributed by atoms with Gasteiger partial charge < -0.3 is 0 Å². The van der Waals surface area contributed by atoms with Crippen molar-refractivity contribution in [1.29, 1.82) is 0 Å². The summed E-state index contributed by atoms with van der Waals surface area (Å²) in [5.41, 5.74) is 0. The van der Waals surface area contributed by atoms with Crippen molar-refractivity contribution in [3.8, 4) is 0 Å². The van der Waals surface area contributed by atoms with Gasteiger partial charge >= 0.3 is 0 Å². The van der Waals surface area contributed by atoms with Crippen LogP contribution in [0.25, 0.3) is 0 Å². The molecule has 0 fully saturated rings. The zero-order valence-corrected chi connectivity index (χ0v) is 4.62. The molecule has 1 aromatic carbocycles. The predicted octanol–water partition coefficient (Wildman–Crippen LogP) is 2.25. The van der Waals surface area contributed by atoms with Crippen LogP contribution < -0.4 is 0 Å². The molecule has 0 aliphatic carbocycles. The highest BCUT2D eigenvalue weighted by molar-refractivity contribution is 4.99. The van der Waals surface area contributed by atoms with Crippen molar-refractivity contribution in [3.05, 3.63) is 48.5 Å². The average molecular weight is 104 g/mol. The van der Waals surface area contributed by atoms with E-state index in [2.05, 4.69) is 0 Å². The van der Waals surface area contributed by atoms with Gasteiger partial charge in [-0.2, -0.15) is 12.1 Å². The van der Waals surface area contributed by atoms with Crippen molar-refractivity contribution in [2.75, 3.05) is 0 Å². The third-order valence-electron chi connectivity index (χ3n) is 0.889. The molecule has 0 saturated carbocycles. The van der Waals surface area contributed by atoms with Crippen LogP contribution in [0, 0.1) is 0 Å². The first-order valence-electron chi connectivity index (χ1n) is 2.67. The lowest BCUT2D eigenvalue weighted by molar-refractivity contribution is 1.72. The lowest BCUT2D eigenvalue weighted by Crippen LogP contribution is -1.47. The molecule has 0 amide bonds. The van der Waals surface area contributed by atoms with Gasteiger partial charge in [0, 0.05) is 0 Å². The molecule has 0 spiro atoms.